The van der Waals surface area contributed by atoms with Gasteiger partial charge in [-0.15, -0.1) is 10.2 Å². The molecular formula is C33H26BrN3O7S2. The van der Waals surface area contributed by atoms with Gasteiger partial charge in [-0.2, -0.15) is 0 Å². The number of aromatic nitrogens is 2. The number of nitrogens with zero attached hydrogens (tertiary/aromatic N) is 3. The van der Waals surface area contributed by atoms with Crippen molar-refractivity contribution < 1.29 is 34.0 Å². The zero-order chi connectivity index (χ0) is 32.5. The maximum atomic E-state index is 13.7. The van der Waals surface area contributed by atoms with Gasteiger partial charge in [0, 0.05) is 11.3 Å². The molecule has 13 heteroatoms. The van der Waals surface area contributed by atoms with E-state index in [1.807, 2.05) is 18.2 Å². The van der Waals surface area contributed by atoms with Crippen LogP contribution < -0.4 is 19.1 Å². The van der Waals surface area contributed by atoms with Gasteiger partial charge in [0.05, 0.1) is 37.4 Å². The minimum absolute atomic E-state index is 0.102. The highest BCUT2D eigenvalue weighted by Crippen LogP contribution is 2.47. The molecule has 4 aromatic carbocycles. The number of benzene rings is 4. The van der Waals surface area contributed by atoms with Gasteiger partial charge >= 0.3 is 5.91 Å². The molecule has 6 rings (SSSR count). The monoisotopic (exact) mass is 719 g/mol. The van der Waals surface area contributed by atoms with E-state index < -0.39 is 23.5 Å². The zero-order valence-electron chi connectivity index (χ0n) is 24.7. The van der Waals surface area contributed by atoms with Crippen LogP contribution in [0.1, 0.15) is 22.7 Å². The summed E-state index contributed by atoms with van der Waals surface area (Å²) >= 11 is 5.96. The number of thioether (sulfide) groups is 1. The number of phenols is 1. The van der Waals surface area contributed by atoms with E-state index in [2.05, 4.69) is 50.4 Å². The number of hydrogen-bond donors (Lipinski definition) is 2. The first kappa shape index (κ1) is 31.4. The maximum Gasteiger partial charge on any atom is 0.301 e. The number of aromatic hydroxyl groups is 1. The van der Waals surface area contributed by atoms with Crippen LogP contribution in [-0.4, -0.2) is 53.4 Å². The summed E-state index contributed by atoms with van der Waals surface area (Å²) in [4.78, 5) is 28.6. The fraction of sp³-hybridized carbons (Fsp3) is 0.152. The molecule has 0 saturated carbocycles. The van der Waals surface area contributed by atoms with Crippen molar-refractivity contribution in [3.8, 4) is 23.0 Å². The summed E-state index contributed by atoms with van der Waals surface area (Å²) < 4.78 is 16.9. The number of anilines is 1. The number of phenolic OH excluding ortho intramolecular Hbond substituents is 1. The van der Waals surface area contributed by atoms with E-state index in [1.54, 1.807) is 18.2 Å². The van der Waals surface area contributed by atoms with Crippen LogP contribution in [0.15, 0.2) is 87.2 Å². The number of carbonyl (C=O) groups is 2. The molecule has 1 aliphatic heterocycles. The third-order valence-electron chi connectivity index (χ3n) is 7.52. The third kappa shape index (κ3) is 5.65. The highest BCUT2D eigenvalue weighted by molar-refractivity contribution is 9.10. The molecule has 10 nitrogen and oxygen atoms in total. The van der Waals surface area contributed by atoms with E-state index in [-0.39, 0.29) is 32.2 Å². The van der Waals surface area contributed by atoms with Crippen molar-refractivity contribution in [2.75, 3.05) is 26.2 Å². The Morgan fingerprint density at radius 1 is 0.935 bits per heavy atom. The van der Waals surface area contributed by atoms with Crippen molar-refractivity contribution in [1.29, 1.82) is 0 Å². The van der Waals surface area contributed by atoms with Crippen molar-refractivity contribution in [2.24, 2.45) is 0 Å². The number of ether oxygens (including phenoxy) is 3. The summed E-state index contributed by atoms with van der Waals surface area (Å²) in [7, 11) is 4.32. The van der Waals surface area contributed by atoms with Gasteiger partial charge in [-0.05, 0) is 68.2 Å². The summed E-state index contributed by atoms with van der Waals surface area (Å²) in [5.41, 5.74) is 1.55. The lowest BCUT2D eigenvalue weighted by Gasteiger charge is -2.23. The van der Waals surface area contributed by atoms with E-state index in [9.17, 15) is 19.8 Å². The lowest BCUT2D eigenvalue weighted by Crippen LogP contribution is -2.29. The fourth-order valence-electron chi connectivity index (χ4n) is 5.31. The molecule has 0 bridgehead atoms. The second-order valence-corrected chi connectivity index (χ2v) is 13.1. The van der Waals surface area contributed by atoms with Gasteiger partial charge in [0.15, 0.2) is 27.3 Å². The van der Waals surface area contributed by atoms with E-state index in [1.165, 1.54) is 50.1 Å². The number of fused-ring (bicyclic) bond motifs is 1. The lowest BCUT2D eigenvalue weighted by atomic mass is 9.95. The van der Waals surface area contributed by atoms with Gasteiger partial charge in [-0.25, -0.2) is 0 Å². The van der Waals surface area contributed by atoms with Crippen LogP contribution in [0.3, 0.4) is 0 Å². The molecule has 0 aliphatic carbocycles. The molecule has 2 N–H and O–H groups in total. The van der Waals surface area contributed by atoms with Crippen molar-refractivity contribution in [1.82, 2.24) is 10.2 Å². The van der Waals surface area contributed by atoms with Crippen LogP contribution in [0.5, 0.6) is 23.0 Å². The summed E-state index contributed by atoms with van der Waals surface area (Å²) in [6.07, 6.45) is 0. The van der Waals surface area contributed by atoms with Crippen LogP contribution in [-0.2, 0) is 15.3 Å². The van der Waals surface area contributed by atoms with Gasteiger partial charge in [0.1, 0.15) is 5.76 Å². The van der Waals surface area contributed by atoms with Crippen LogP contribution in [0.4, 0.5) is 5.13 Å². The van der Waals surface area contributed by atoms with Gasteiger partial charge in [0.2, 0.25) is 5.13 Å². The lowest BCUT2D eigenvalue weighted by molar-refractivity contribution is -0.132. The fourth-order valence-corrected chi connectivity index (χ4v) is 7.64. The second-order valence-electron chi connectivity index (χ2n) is 10.1. The molecule has 1 aromatic heterocycles. The van der Waals surface area contributed by atoms with Crippen molar-refractivity contribution in [3.05, 3.63) is 99.5 Å². The summed E-state index contributed by atoms with van der Waals surface area (Å²) in [6, 6.07) is 20.8. The highest BCUT2D eigenvalue weighted by Gasteiger charge is 2.49. The molecule has 1 fully saturated rings. The van der Waals surface area contributed by atoms with Gasteiger partial charge in [-0.1, -0.05) is 65.6 Å². The Balaban J connectivity index is 1.43. The molecule has 0 radical (unpaired) electrons. The number of methoxy groups -OCH3 is 3. The van der Waals surface area contributed by atoms with Crippen molar-refractivity contribution >= 4 is 72.4 Å². The molecule has 0 spiro atoms. The molecule has 5 aromatic rings. The second kappa shape index (κ2) is 13.0. The van der Waals surface area contributed by atoms with Crippen LogP contribution in [0.2, 0.25) is 0 Å². The Morgan fingerprint density at radius 2 is 1.67 bits per heavy atom. The van der Waals surface area contributed by atoms with Crippen molar-refractivity contribution in [2.45, 2.75) is 16.1 Å². The molecule has 234 valence electrons. The van der Waals surface area contributed by atoms with Crippen LogP contribution in [0.25, 0.3) is 16.5 Å². The standard InChI is InChI=1S/C33H26BrN3O7S2/c1-42-23-12-11-18(14-24(23)43-2)28(38)26-27(20-13-22(34)29(39)25(15-20)44-3)37(31(41)30(26)40)32-35-36-33(46-32)45-16-19-9-6-8-17-7-4-5-10-21(17)19/h4-15,27,38-39H,16H2,1-3H3/t27-/m0/s1. The number of aliphatic hydroxyl groups is 1. The number of ketones is 1. The van der Waals surface area contributed by atoms with Gasteiger partial charge < -0.3 is 24.4 Å². The number of amides is 1. The molecule has 46 heavy (non-hydrogen) atoms. The Kier molecular flexibility index (Phi) is 8.89. The average molecular weight is 721 g/mol. The summed E-state index contributed by atoms with van der Waals surface area (Å²) in [5.74, 6) is -0.938. The molecule has 1 atom stereocenters. The average Bonchev–Trinajstić information content (AvgIpc) is 3.65. The first-order chi connectivity index (χ1) is 22.2. The predicted molar refractivity (Wildman–Crippen MR) is 180 cm³/mol. The van der Waals surface area contributed by atoms with Crippen LogP contribution >= 0.6 is 39.0 Å². The van der Waals surface area contributed by atoms with E-state index in [4.69, 9.17) is 14.2 Å². The molecule has 0 unspecified atom stereocenters. The molecular weight excluding hydrogens is 694 g/mol. The van der Waals surface area contributed by atoms with E-state index >= 15 is 0 Å². The molecule has 1 aliphatic rings. The Bertz CT molecular complexity index is 2020. The number of hydrogen-bond acceptors (Lipinski definition) is 11. The molecule has 1 saturated heterocycles. The SMILES string of the molecule is COc1ccc(C(O)=C2C(=O)C(=O)N(c3nnc(SCc4cccc5ccccc45)s3)[C@H]2c2cc(Br)c(O)c(OC)c2)cc1OC. The minimum atomic E-state index is -1.14. The molecule has 2 heterocycles. The van der Waals surface area contributed by atoms with E-state index in [0.29, 0.717) is 27.2 Å². The number of rotatable bonds is 9. The quantitative estimate of drug-likeness (QED) is 0.0535. The first-order valence-electron chi connectivity index (χ1n) is 13.8. The Hall–Kier alpha value is -4.59. The zero-order valence-corrected chi connectivity index (χ0v) is 27.9. The first-order valence-corrected chi connectivity index (χ1v) is 16.4. The largest absolute Gasteiger partial charge is 0.507 e. The van der Waals surface area contributed by atoms with Crippen molar-refractivity contribution in [3.63, 3.8) is 0 Å². The number of aliphatic hydroxyl groups excluding tert-OH is 1. The summed E-state index contributed by atoms with van der Waals surface area (Å²) in [6.45, 7) is 0. The number of halogens is 1. The maximum absolute atomic E-state index is 13.7. The summed E-state index contributed by atoms with van der Waals surface area (Å²) in [5, 5.41) is 33.2. The van der Waals surface area contributed by atoms with Crippen LogP contribution in [0, 0.1) is 0 Å². The smallest absolute Gasteiger partial charge is 0.301 e. The topological polar surface area (TPSA) is 131 Å². The number of Topliss-reactive ketones (excluding diaryl/α,β-unsaturated/α-hetero) is 1. The Labute approximate surface area is 280 Å². The third-order valence-corrected chi connectivity index (χ3v) is 10.2. The highest BCUT2D eigenvalue weighted by atomic mass is 79.9. The molecule has 1 amide bonds. The predicted octanol–water partition coefficient (Wildman–Crippen LogP) is 7.10. The normalized spacial score (nSPS) is 15.8. The number of carbonyl (C=O) groups excluding carboxylic acids is 2. The van der Waals surface area contributed by atoms with Gasteiger partial charge in [-0.3, -0.25) is 14.5 Å². The Morgan fingerprint density at radius 3 is 2.43 bits per heavy atom. The van der Waals surface area contributed by atoms with E-state index in [0.717, 1.165) is 27.7 Å². The minimum Gasteiger partial charge on any atom is -0.507 e. The van der Waals surface area contributed by atoms with Gasteiger partial charge in [0.25, 0.3) is 5.78 Å².